The van der Waals surface area contributed by atoms with Gasteiger partial charge < -0.3 is 15.0 Å². The number of aliphatic imine (C=N–C) groups is 1. The minimum Gasteiger partial charge on any atom is -0.497 e. The van der Waals surface area contributed by atoms with Crippen LogP contribution in [0.1, 0.15) is 0 Å². The zero-order valence-electron chi connectivity index (χ0n) is 12.1. The third kappa shape index (κ3) is 3.16. The lowest BCUT2D eigenvalue weighted by molar-refractivity contribution is 0.415. The minimum atomic E-state index is 0.746. The molecule has 0 spiro atoms. The molecule has 0 amide bonds. The molecular weight excluding hydrogens is 262 g/mol. The first-order valence-electron chi connectivity index (χ1n) is 7.10. The quantitative estimate of drug-likeness (QED) is 0.915. The summed E-state index contributed by atoms with van der Waals surface area (Å²) < 4.78 is 5.23. The predicted octanol–water partition coefficient (Wildman–Crippen LogP) is 2.84. The van der Waals surface area contributed by atoms with E-state index in [0.29, 0.717) is 0 Å². The van der Waals surface area contributed by atoms with Gasteiger partial charge in [0.1, 0.15) is 11.6 Å². The van der Waals surface area contributed by atoms with Crippen molar-refractivity contribution in [1.82, 2.24) is 5.32 Å². The van der Waals surface area contributed by atoms with E-state index in [1.165, 1.54) is 0 Å². The van der Waals surface area contributed by atoms with Crippen LogP contribution in [-0.2, 0) is 0 Å². The smallest absolute Gasteiger partial charge is 0.119 e. The molecule has 1 aliphatic rings. The Morgan fingerprint density at radius 1 is 1.05 bits per heavy atom. The van der Waals surface area contributed by atoms with Crippen LogP contribution in [0.4, 0.5) is 11.4 Å². The van der Waals surface area contributed by atoms with E-state index in [2.05, 4.69) is 51.6 Å². The van der Waals surface area contributed by atoms with Gasteiger partial charge in [0.25, 0.3) is 0 Å². The van der Waals surface area contributed by atoms with E-state index in [-0.39, 0.29) is 0 Å². The Labute approximate surface area is 125 Å². The van der Waals surface area contributed by atoms with Gasteiger partial charge in [0.05, 0.1) is 20.2 Å². The molecule has 0 saturated carbocycles. The molecule has 0 aliphatic carbocycles. The number of nitrogens with zero attached hydrogens (tertiary/aromatic N) is 2. The second kappa shape index (κ2) is 6.31. The van der Waals surface area contributed by atoms with Gasteiger partial charge in [-0.1, -0.05) is 18.2 Å². The highest BCUT2D eigenvalue weighted by molar-refractivity contribution is 5.90. The van der Waals surface area contributed by atoms with Crippen molar-refractivity contribution in [2.45, 2.75) is 0 Å². The zero-order valence-corrected chi connectivity index (χ0v) is 12.1. The molecule has 1 aliphatic heterocycles. The monoisotopic (exact) mass is 281 g/mol. The van der Waals surface area contributed by atoms with Crippen molar-refractivity contribution in [3.8, 4) is 5.75 Å². The first-order valence-corrected chi connectivity index (χ1v) is 7.10. The molecule has 1 heterocycles. The fourth-order valence-electron chi connectivity index (χ4n) is 2.40. The molecule has 0 aromatic heterocycles. The molecule has 0 radical (unpaired) electrons. The lowest BCUT2D eigenvalue weighted by Crippen LogP contribution is -2.32. The molecule has 21 heavy (non-hydrogen) atoms. The molecule has 0 unspecified atom stereocenters. The van der Waals surface area contributed by atoms with E-state index in [4.69, 9.17) is 4.74 Å². The van der Waals surface area contributed by atoms with E-state index < -0.39 is 0 Å². The molecule has 0 saturated heterocycles. The number of ether oxygens (including phenoxy) is 1. The topological polar surface area (TPSA) is 36.9 Å². The van der Waals surface area contributed by atoms with E-state index in [0.717, 1.165) is 42.6 Å². The van der Waals surface area contributed by atoms with Gasteiger partial charge in [-0.2, -0.15) is 0 Å². The molecule has 3 rings (SSSR count). The number of hydrogen-bond acceptors (Lipinski definition) is 4. The predicted molar refractivity (Wildman–Crippen MR) is 86.7 cm³/mol. The van der Waals surface area contributed by atoms with Crippen LogP contribution in [0.5, 0.6) is 5.75 Å². The number of methoxy groups -OCH3 is 1. The van der Waals surface area contributed by atoms with Gasteiger partial charge in [-0.25, -0.2) is 0 Å². The summed E-state index contributed by atoms with van der Waals surface area (Å²) in [6.07, 6.45) is 0. The fourth-order valence-corrected chi connectivity index (χ4v) is 2.40. The maximum absolute atomic E-state index is 5.23. The summed E-state index contributed by atoms with van der Waals surface area (Å²) in [5.41, 5.74) is 2.28. The Morgan fingerprint density at radius 3 is 2.38 bits per heavy atom. The maximum Gasteiger partial charge on any atom is 0.119 e. The zero-order chi connectivity index (χ0) is 14.5. The van der Waals surface area contributed by atoms with Crippen LogP contribution in [0.3, 0.4) is 0 Å². The van der Waals surface area contributed by atoms with Gasteiger partial charge in [0, 0.05) is 17.9 Å². The van der Waals surface area contributed by atoms with E-state index in [9.17, 15) is 0 Å². The van der Waals surface area contributed by atoms with Crippen LogP contribution < -0.4 is 15.0 Å². The Hall–Kier alpha value is -2.49. The van der Waals surface area contributed by atoms with Crippen molar-refractivity contribution >= 4 is 17.2 Å². The van der Waals surface area contributed by atoms with Gasteiger partial charge >= 0.3 is 0 Å². The molecule has 0 fully saturated rings. The van der Waals surface area contributed by atoms with Crippen LogP contribution in [-0.4, -0.2) is 32.6 Å². The van der Waals surface area contributed by atoms with Crippen LogP contribution >= 0.6 is 0 Å². The lowest BCUT2D eigenvalue weighted by Gasteiger charge is -2.25. The summed E-state index contributed by atoms with van der Waals surface area (Å²) in [6.45, 7) is 2.54. The number of para-hydroxylation sites is 1. The van der Waals surface area contributed by atoms with Gasteiger partial charge in [0.15, 0.2) is 0 Å². The highest BCUT2D eigenvalue weighted by atomic mass is 16.5. The van der Waals surface area contributed by atoms with E-state index >= 15 is 0 Å². The van der Waals surface area contributed by atoms with Crippen molar-refractivity contribution in [2.24, 2.45) is 4.99 Å². The van der Waals surface area contributed by atoms with Gasteiger partial charge in [-0.15, -0.1) is 0 Å². The van der Waals surface area contributed by atoms with Crippen molar-refractivity contribution < 1.29 is 4.74 Å². The van der Waals surface area contributed by atoms with Crippen molar-refractivity contribution in [2.75, 3.05) is 31.6 Å². The summed E-state index contributed by atoms with van der Waals surface area (Å²) in [5, 5.41) is 3.33. The molecule has 4 heteroatoms. The normalized spacial score (nSPS) is 13.5. The largest absolute Gasteiger partial charge is 0.497 e. The summed E-state index contributed by atoms with van der Waals surface area (Å²) in [7, 11) is 1.68. The number of hydrogen-bond donors (Lipinski definition) is 1. The number of rotatable bonds is 5. The summed E-state index contributed by atoms with van der Waals surface area (Å²) in [6, 6.07) is 18.5. The van der Waals surface area contributed by atoms with Gasteiger partial charge in [-0.05, 0) is 36.4 Å². The number of benzene rings is 2. The molecule has 0 bridgehead atoms. The summed E-state index contributed by atoms with van der Waals surface area (Å²) in [4.78, 5) is 6.75. The van der Waals surface area contributed by atoms with Crippen molar-refractivity contribution in [3.63, 3.8) is 0 Å². The van der Waals surface area contributed by atoms with Gasteiger partial charge in [0.2, 0.25) is 0 Å². The maximum atomic E-state index is 5.23. The standard InChI is InChI=1S/C17H19N3O/c1-21-16-9-7-15(8-10-16)20(13-17-18-11-12-19-17)14-5-3-2-4-6-14/h2-10H,11-13H2,1H3,(H,18,19). The molecule has 4 nitrogen and oxygen atoms in total. The average Bonchev–Trinajstić information content (AvgIpc) is 3.07. The Kier molecular flexibility index (Phi) is 4.05. The van der Waals surface area contributed by atoms with Crippen molar-refractivity contribution in [1.29, 1.82) is 0 Å². The van der Waals surface area contributed by atoms with Crippen molar-refractivity contribution in [3.05, 3.63) is 54.6 Å². The van der Waals surface area contributed by atoms with Gasteiger partial charge in [-0.3, -0.25) is 4.99 Å². The average molecular weight is 281 g/mol. The third-order valence-corrected chi connectivity index (χ3v) is 3.50. The summed E-state index contributed by atoms with van der Waals surface area (Å²) >= 11 is 0. The van der Waals surface area contributed by atoms with Crippen LogP contribution in [0.25, 0.3) is 0 Å². The molecule has 0 atom stereocenters. The van der Waals surface area contributed by atoms with E-state index in [1.54, 1.807) is 7.11 Å². The first kappa shape index (κ1) is 13.5. The molecule has 1 N–H and O–H groups in total. The minimum absolute atomic E-state index is 0.746. The second-order valence-corrected chi connectivity index (χ2v) is 4.87. The molecular formula is C17H19N3O. The molecule has 2 aromatic rings. The third-order valence-electron chi connectivity index (χ3n) is 3.50. The lowest BCUT2D eigenvalue weighted by atomic mass is 10.2. The summed E-state index contributed by atoms with van der Waals surface area (Å²) in [5.74, 6) is 1.90. The highest BCUT2D eigenvalue weighted by Crippen LogP contribution is 2.26. The number of nitrogens with one attached hydrogen (secondary N) is 1. The Morgan fingerprint density at radius 2 is 1.76 bits per heavy atom. The molecule has 2 aromatic carbocycles. The number of amidine groups is 1. The Bertz CT molecular complexity index is 608. The van der Waals surface area contributed by atoms with Crippen LogP contribution in [0, 0.1) is 0 Å². The number of anilines is 2. The SMILES string of the molecule is COc1ccc(N(CC2=NCCN2)c2ccccc2)cc1. The fraction of sp³-hybridized carbons (Fsp3) is 0.235. The van der Waals surface area contributed by atoms with E-state index in [1.807, 2.05) is 18.2 Å². The Balaban J connectivity index is 1.90. The van der Waals surface area contributed by atoms with Crippen LogP contribution in [0.2, 0.25) is 0 Å². The highest BCUT2D eigenvalue weighted by Gasteiger charge is 2.14. The second-order valence-electron chi connectivity index (χ2n) is 4.87. The first-order chi connectivity index (χ1) is 10.4. The molecule has 108 valence electrons. The van der Waals surface area contributed by atoms with Crippen LogP contribution in [0.15, 0.2) is 59.6 Å².